The Morgan fingerprint density at radius 3 is 2.48 bits per heavy atom. The van der Waals surface area contributed by atoms with Crippen molar-refractivity contribution < 1.29 is 4.79 Å². The van der Waals surface area contributed by atoms with Crippen LogP contribution < -0.4 is 11.1 Å². The van der Waals surface area contributed by atoms with Gasteiger partial charge in [-0.15, -0.1) is 24.2 Å². The third kappa shape index (κ3) is 5.50. The first-order valence-corrected chi connectivity index (χ1v) is 9.52. The summed E-state index contributed by atoms with van der Waals surface area (Å²) in [6, 6.07) is 18.5. The minimum Gasteiger partial charge on any atom is -0.349 e. The predicted octanol–water partition coefficient (Wildman–Crippen LogP) is 4.26. The molecule has 2 aromatic rings. The quantitative estimate of drug-likeness (QED) is 0.740. The lowest BCUT2D eigenvalue weighted by Gasteiger charge is -2.19. The Labute approximate surface area is 160 Å². The second-order valence-electron chi connectivity index (χ2n) is 6.31. The van der Waals surface area contributed by atoms with Crippen LogP contribution in [0.3, 0.4) is 0 Å². The molecule has 3 nitrogen and oxygen atoms in total. The summed E-state index contributed by atoms with van der Waals surface area (Å²) in [6.07, 6.45) is 3.32. The van der Waals surface area contributed by atoms with Crippen molar-refractivity contribution in [3.63, 3.8) is 0 Å². The van der Waals surface area contributed by atoms with E-state index in [0.717, 1.165) is 30.6 Å². The highest BCUT2D eigenvalue weighted by molar-refractivity contribution is 7.98. The van der Waals surface area contributed by atoms with E-state index in [9.17, 15) is 4.79 Å². The molecule has 25 heavy (non-hydrogen) atoms. The topological polar surface area (TPSA) is 55.1 Å². The van der Waals surface area contributed by atoms with E-state index in [1.807, 2.05) is 42.5 Å². The van der Waals surface area contributed by atoms with Gasteiger partial charge in [0.15, 0.2) is 0 Å². The Bertz CT molecular complexity index is 663. The van der Waals surface area contributed by atoms with Crippen LogP contribution in [0.4, 0.5) is 0 Å². The molecular formula is C20H25ClN2OS. The number of amides is 1. The third-order valence-corrected chi connectivity index (χ3v) is 5.73. The Morgan fingerprint density at radius 1 is 1.08 bits per heavy atom. The Morgan fingerprint density at radius 2 is 1.80 bits per heavy atom. The lowest BCUT2D eigenvalue weighted by atomic mass is 10.0. The van der Waals surface area contributed by atoms with Crippen molar-refractivity contribution in [1.82, 2.24) is 5.32 Å². The molecule has 0 aliphatic heterocycles. The second-order valence-corrected chi connectivity index (χ2v) is 7.35. The molecule has 1 aliphatic rings. The minimum absolute atomic E-state index is 0. The Kier molecular flexibility index (Phi) is 7.82. The van der Waals surface area contributed by atoms with Gasteiger partial charge < -0.3 is 11.1 Å². The van der Waals surface area contributed by atoms with Gasteiger partial charge in [0.1, 0.15) is 0 Å². The van der Waals surface area contributed by atoms with Crippen LogP contribution >= 0.6 is 24.2 Å². The maximum absolute atomic E-state index is 12.4. The van der Waals surface area contributed by atoms with Gasteiger partial charge in [0.05, 0.1) is 0 Å². The summed E-state index contributed by atoms with van der Waals surface area (Å²) in [7, 11) is 0. The van der Waals surface area contributed by atoms with E-state index in [-0.39, 0.29) is 24.4 Å². The maximum Gasteiger partial charge on any atom is 0.251 e. The first kappa shape index (κ1) is 19.8. The summed E-state index contributed by atoms with van der Waals surface area (Å²) < 4.78 is 0. The van der Waals surface area contributed by atoms with Crippen molar-refractivity contribution in [1.29, 1.82) is 0 Å². The summed E-state index contributed by atoms with van der Waals surface area (Å²) >= 11 is 1.80. The SMILES string of the molecule is Cl.NCC1CCCC1NC(=O)c1ccc(CSc2ccccc2)cc1. The number of nitrogens with one attached hydrogen (secondary N) is 1. The monoisotopic (exact) mass is 376 g/mol. The largest absolute Gasteiger partial charge is 0.349 e. The van der Waals surface area contributed by atoms with Crippen LogP contribution in [0.5, 0.6) is 0 Å². The number of thioether (sulfide) groups is 1. The molecule has 134 valence electrons. The Balaban J connectivity index is 0.00000225. The smallest absolute Gasteiger partial charge is 0.251 e. The van der Waals surface area contributed by atoms with Gasteiger partial charge >= 0.3 is 0 Å². The molecule has 0 bridgehead atoms. The highest BCUT2D eigenvalue weighted by atomic mass is 35.5. The Hall–Kier alpha value is -1.49. The van der Waals surface area contributed by atoms with Crippen LogP contribution in [0.1, 0.15) is 35.2 Å². The highest BCUT2D eigenvalue weighted by Gasteiger charge is 2.27. The van der Waals surface area contributed by atoms with Crippen molar-refractivity contribution in [2.24, 2.45) is 11.7 Å². The van der Waals surface area contributed by atoms with Crippen LogP contribution in [0, 0.1) is 5.92 Å². The number of nitrogens with two attached hydrogens (primary N) is 1. The van der Waals surface area contributed by atoms with Crippen molar-refractivity contribution in [2.45, 2.75) is 36.0 Å². The van der Waals surface area contributed by atoms with Gasteiger partial charge in [-0.25, -0.2) is 0 Å². The van der Waals surface area contributed by atoms with Crippen LogP contribution in [0.2, 0.25) is 0 Å². The zero-order chi connectivity index (χ0) is 16.8. The molecule has 2 atom stereocenters. The normalized spacial score (nSPS) is 19.2. The van der Waals surface area contributed by atoms with Gasteiger partial charge in [-0.2, -0.15) is 0 Å². The van der Waals surface area contributed by atoms with Crippen molar-refractivity contribution in [3.8, 4) is 0 Å². The van der Waals surface area contributed by atoms with Crippen LogP contribution in [-0.2, 0) is 5.75 Å². The molecule has 0 heterocycles. The van der Waals surface area contributed by atoms with Gasteiger partial charge in [-0.05, 0) is 55.1 Å². The van der Waals surface area contributed by atoms with E-state index in [1.165, 1.54) is 10.5 Å². The number of benzene rings is 2. The molecule has 1 fully saturated rings. The number of halogens is 1. The van der Waals surface area contributed by atoms with E-state index in [4.69, 9.17) is 5.73 Å². The van der Waals surface area contributed by atoms with E-state index in [0.29, 0.717) is 12.5 Å². The first-order chi connectivity index (χ1) is 11.8. The molecule has 1 amide bonds. The fraction of sp³-hybridized carbons (Fsp3) is 0.350. The van der Waals surface area contributed by atoms with Gasteiger partial charge in [0.25, 0.3) is 5.91 Å². The van der Waals surface area contributed by atoms with Crippen molar-refractivity contribution in [3.05, 3.63) is 65.7 Å². The lowest BCUT2D eigenvalue weighted by molar-refractivity contribution is 0.0929. The van der Waals surface area contributed by atoms with E-state index in [1.54, 1.807) is 11.8 Å². The molecule has 5 heteroatoms. The molecule has 1 aliphatic carbocycles. The van der Waals surface area contributed by atoms with Gasteiger partial charge in [0, 0.05) is 22.3 Å². The molecule has 2 unspecified atom stereocenters. The lowest BCUT2D eigenvalue weighted by Crippen LogP contribution is -2.39. The summed E-state index contributed by atoms with van der Waals surface area (Å²) in [4.78, 5) is 13.7. The number of hydrogen-bond donors (Lipinski definition) is 2. The van der Waals surface area contributed by atoms with Gasteiger partial charge in [0.2, 0.25) is 0 Å². The van der Waals surface area contributed by atoms with Crippen molar-refractivity contribution >= 4 is 30.1 Å². The van der Waals surface area contributed by atoms with Gasteiger partial charge in [-0.3, -0.25) is 4.79 Å². The summed E-state index contributed by atoms with van der Waals surface area (Å²) in [6.45, 7) is 0.653. The third-order valence-electron chi connectivity index (χ3n) is 4.64. The number of carbonyl (C=O) groups is 1. The predicted molar refractivity (Wildman–Crippen MR) is 107 cm³/mol. The number of hydrogen-bond acceptors (Lipinski definition) is 3. The van der Waals surface area contributed by atoms with E-state index >= 15 is 0 Å². The van der Waals surface area contributed by atoms with Gasteiger partial charge in [-0.1, -0.05) is 36.8 Å². The summed E-state index contributed by atoms with van der Waals surface area (Å²) in [5.41, 5.74) is 7.74. The summed E-state index contributed by atoms with van der Waals surface area (Å²) in [5.74, 6) is 1.35. The summed E-state index contributed by atoms with van der Waals surface area (Å²) in [5, 5.41) is 3.15. The molecule has 3 N–H and O–H groups in total. The molecule has 0 saturated heterocycles. The fourth-order valence-electron chi connectivity index (χ4n) is 3.20. The van der Waals surface area contributed by atoms with Crippen molar-refractivity contribution in [2.75, 3.05) is 6.54 Å². The molecule has 0 radical (unpaired) electrons. The standard InChI is InChI=1S/C20H24N2OS.ClH/c21-13-17-5-4-8-19(17)22-20(23)16-11-9-15(10-12-16)14-24-18-6-2-1-3-7-18;/h1-3,6-7,9-12,17,19H,4-5,8,13-14,21H2,(H,22,23);1H. The molecule has 1 saturated carbocycles. The number of rotatable bonds is 6. The molecular weight excluding hydrogens is 352 g/mol. The second kappa shape index (κ2) is 9.85. The van der Waals surface area contributed by atoms with Crippen LogP contribution in [-0.4, -0.2) is 18.5 Å². The van der Waals surface area contributed by atoms with E-state index in [2.05, 4.69) is 17.4 Å². The first-order valence-electron chi connectivity index (χ1n) is 8.54. The maximum atomic E-state index is 12.4. The minimum atomic E-state index is 0. The average Bonchev–Trinajstić information content (AvgIpc) is 3.08. The average molecular weight is 377 g/mol. The zero-order valence-electron chi connectivity index (χ0n) is 14.2. The van der Waals surface area contributed by atoms with E-state index < -0.39 is 0 Å². The van der Waals surface area contributed by atoms with Crippen LogP contribution in [0.15, 0.2) is 59.5 Å². The highest BCUT2D eigenvalue weighted by Crippen LogP contribution is 2.25. The molecule has 0 spiro atoms. The zero-order valence-corrected chi connectivity index (χ0v) is 15.8. The molecule has 2 aromatic carbocycles. The van der Waals surface area contributed by atoms with Crippen LogP contribution in [0.25, 0.3) is 0 Å². The molecule has 0 aromatic heterocycles. The molecule has 3 rings (SSSR count). The number of carbonyl (C=O) groups excluding carboxylic acids is 1. The fourth-order valence-corrected chi connectivity index (χ4v) is 4.07.